The molecule has 0 aromatic rings. The summed E-state index contributed by atoms with van der Waals surface area (Å²) in [5.74, 6) is -0.308. The summed E-state index contributed by atoms with van der Waals surface area (Å²) >= 11 is 0. The van der Waals surface area contributed by atoms with Crippen molar-refractivity contribution in [2.75, 3.05) is 32.8 Å². The van der Waals surface area contributed by atoms with Gasteiger partial charge < -0.3 is 25.2 Å². The highest BCUT2D eigenvalue weighted by Crippen LogP contribution is 2.25. The van der Waals surface area contributed by atoms with E-state index in [9.17, 15) is 19.2 Å². The van der Waals surface area contributed by atoms with Crippen molar-refractivity contribution < 1.29 is 23.9 Å². The van der Waals surface area contributed by atoms with Crippen LogP contribution in [0.3, 0.4) is 0 Å². The van der Waals surface area contributed by atoms with Crippen molar-refractivity contribution in [3.8, 4) is 0 Å². The van der Waals surface area contributed by atoms with Crippen LogP contribution in [0.2, 0.25) is 0 Å². The number of esters is 1. The molecule has 3 fully saturated rings. The molecule has 4 unspecified atom stereocenters. The molecule has 0 radical (unpaired) electrons. The summed E-state index contributed by atoms with van der Waals surface area (Å²) in [6.07, 6.45) is 4.61. The molecule has 3 rings (SSSR count). The molecule has 3 aliphatic heterocycles. The summed E-state index contributed by atoms with van der Waals surface area (Å²) in [6.45, 7) is 6.35. The SMILES string of the molecule is CCNC(=O)C1CCCCN1C(=O)C1CCCN1C(=O)CCOC(=O)C1CC(C)CN1. The predicted octanol–water partition coefficient (Wildman–Crippen LogP) is 0.426. The molecule has 3 heterocycles. The van der Waals surface area contributed by atoms with Crippen LogP contribution in [-0.2, 0) is 23.9 Å². The second-order valence-electron chi connectivity index (χ2n) is 8.90. The summed E-state index contributed by atoms with van der Waals surface area (Å²) in [6, 6.07) is -1.28. The molecule has 174 valence electrons. The first kappa shape index (κ1) is 23.5. The van der Waals surface area contributed by atoms with Crippen LogP contribution in [0.15, 0.2) is 0 Å². The minimum Gasteiger partial charge on any atom is -0.464 e. The van der Waals surface area contributed by atoms with Crippen molar-refractivity contribution in [1.82, 2.24) is 20.4 Å². The summed E-state index contributed by atoms with van der Waals surface area (Å²) in [4.78, 5) is 53.9. The normalized spacial score (nSPS) is 28.5. The smallest absolute Gasteiger partial charge is 0.323 e. The van der Waals surface area contributed by atoms with Crippen LogP contribution in [0, 0.1) is 5.92 Å². The van der Waals surface area contributed by atoms with E-state index in [1.165, 1.54) is 0 Å². The lowest BCUT2D eigenvalue weighted by Gasteiger charge is -2.38. The second kappa shape index (κ2) is 10.9. The van der Waals surface area contributed by atoms with Crippen molar-refractivity contribution in [3.05, 3.63) is 0 Å². The first-order valence-electron chi connectivity index (χ1n) is 11.7. The zero-order valence-corrected chi connectivity index (χ0v) is 18.7. The molecule has 0 aliphatic carbocycles. The number of ether oxygens (including phenoxy) is 1. The van der Waals surface area contributed by atoms with Gasteiger partial charge in [-0.1, -0.05) is 6.92 Å². The molecule has 9 heteroatoms. The zero-order valence-electron chi connectivity index (χ0n) is 18.7. The Morgan fingerprint density at radius 3 is 2.48 bits per heavy atom. The van der Waals surface area contributed by atoms with Crippen LogP contribution in [0.5, 0.6) is 0 Å². The average Bonchev–Trinajstić information content (AvgIpc) is 3.42. The van der Waals surface area contributed by atoms with Crippen LogP contribution in [0.25, 0.3) is 0 Å². The Bertz CT molecular complexity index is 685. The van der Waals surface area contributed by atoms with Gasteiger partial charge in [-0.05, 0) is 57.9 Å². The molecule has 4 atom stereocenters. The van der Waals surface area contributed by atoms with E-state index >= 15 is 0 Å². The quantitative estimate of drug-likeness (QED) is 0.560. The first-order chi connectivity index (χ1) is 14.9. The van der Waals surface area contributed by atoms with Crippen LogP contribution < -0.4 is 10.6 Å². The monoisotopic (exact) mass is 436 g/mol. The van der Waals surface area contributed by atoms with E-state index in [0.29, 0.717) is 38.4 Å². The van der Waals surface area contributed by atoms with E-state index in [-0.39, 0.29) is 42.8 Å². The lowest BCUT2D eigenvalue weighted by atomic mass is 9.99. The van der Waals surface area contributed by atoms with E-state index in [2.05, 4.69) is 17.6 Å². The topological polar surface area (TPSA) is 108 Å². The van der Waals surface area contributed by atoms with Gasteiger partial charge in [-0.15, -0.1) is 0 Å². The minimum atomic E-state index is -0.532. The zero-order chi connectivity index (χ0) is 22.4. The number of nitrogens with one attached hydrogen (secondary N) is 2. The Balaban J connectivity index is 1.53. The van der Waals surface area contributed by atoms with Gasteiger partial charge in [0.25, 0.3) is 0 Å². The third-order valence-corrected chi connectivity index (χ3v) is 6.49. The van der Waals surface area contributed by atoms with Gasteiger partial charge in [0.1, 0.15) is 24.7 Å². The number of carbonyl (C=O) groups excluding carboxylic acids is 4. The van der Waals surface area contributed by atoms with Gasteiger partial charge >= 0.3 is 5.97 Å². The van der Waals surface area contributed by atoms with Crippen LogP contribution in [0.1, 0.15) is 58.8 Å². The Morgan fingerprint density at radius 1 is 1.03 bits per heavy atom. The van der Waals surface area contributed by atoms with Crippen LogP contribution >= 0.6 is 0 Å². The van der Waals surface area contributed by atoms with E-state index in [4.69, 9.17) is 4.74 Å². The van der Waals surface area contributed by atoms with Crippen molar-refractivity contribution in [2.24, 2.45) is 5.92 Å². The Hall–Kier alpha value is -2.16. The third-order valence-electron chi connectivity index (χ3n) is 6.49. The van der Waals surface area contributed by atoms with Crippen molar-refractivity contribution in [2.45, 2.75) is 76.9 Å². The molecule has 0 aromatic carbocycles. The van der Waals surface area contributed by atoms with Gasteiger partial charge in [0, 0.05) is 19.6 Å². The number of carbonyl (C=O) groups is 4. The number of nitrogens with zero attached hydrogens (tertiary/aromatic N) is 2. The van der Waals surface area contributed by atoms with E-state index in [0.717, 1.165) is 32.2 Å². The van der Waals surface area contributed by atoms with Crippen molar-refractivity contribution in [3.63, 3.8) is 0 Å². The number of hydrogen-bond donors (Lipinski definition) is 2. The summed E-state index contributed by atoms with van der Waals surface area (Å²) in [5.41, 5.74) is 0. The third kappa shape index (κ3) is 5.75. The number of rotatable bonds is 7. The summed E-state index contributed by atoms with van der Waals surface area (Å²) < 4.78 is 5.29. The largest absolute Gasteiger partial charge is 0.464 e. The molecule has 9 nitrogen and oxygen atoms in total. The Morgan fingerprint density at radius 2 is 1.77 bits per heavy atom. The van der Waals surface area contributed by atoms with Crippen LogP contribution in [0.4, 0.5) is 0 Å². The van der Waals surface area contributed by atoms with Gasteiger partial charge in [0.05, 0.1) is 6.42 Å². The van der Waals surface area contributed by atoms with Gasteiger partial charge in [-0.25, -0.2) is 0 Å². The first-order valence-corrected chi connectivity index (χ1v) is 11.7. The van der Waals surface area contributed by atoms with E-state index in [1.54, 1.807) is 9.80 Å². The molecule has 31 heavy (non-hydrogen) atoms. The molecule has 0 bridgehead atoms. The molecule has 0 aromatic heterocycles. The van der Waals surface area contributed by atoms with Gasteiger partial charge in [0.15, 0.2) is 0 Å². The second-order valence-corrected chi connectivity index (χ2v) is 8.90. The molecule has 3 amide bonds. The van der Waals surface area contributed by atoms with E-state index < -0.39 is 12.1 Å². The summed E-state index contributed by atoms with van der Waals surface area (Å²) in [7, 11) is 0. The van der Waals surface area contributed by atoms with Gasteiger partial charge in [0.2, 0.25) is 17.7 Å². The Labute approximate surface area is 184 Å². The number of likely N-dealkylation sites (N-methyl/N-ethyl adjacent to an activating group) is 1. The molecular weight excluding hydrogens is 400 g/mol. The minimum absolute atomic E-state index is 0.0207. The maximum Gasteiger partial charge on any atom is 0.323 e. The number of piperidine rings is 1. The van der Waals surface area contributed by atoms with E-state index in [1.807, 2.05) is 6.92 Å². The highest BCUT2D eigenvalue weighted by atomic mass is 16.5. The molecule has 3 aliphatic rings. The molecule has 0 spiro atoms. The maximum atomic E-state index is 13.3. The number of hydrogen-bond acceptors (Lipinski definition) is 6. The van der Waals surface area contributed by atoms with Gasteiger partial charge in [-0.2, -0.15) is 0 Å². The molecule has 3 saturated heterocycles. The highest BCUT2D eigenvalue weighted by molar-refractivity contribution is 5.92. The molecule has 0 saturated carbocycles. The highest BCUT2D eigenvalue weighted by Gasteiger charge is 2.40. The Kier molecular flexibility index (Phi) is 8.28. The lowest BCUT2D eigenvalue weighted by molar-refractivity contribution is -0.151. The van der Waals surface area contributed by atoms with Crippen molar-refractivity contribution >= 4 is 23.7 Å². The predicted molar refractivity (Wildman–Crippen MR) is 114 cm³/mol. The fourth-order valence-corrected chi connectivity index (χ4v) is 4.85. The average molecular weight is 437 g/mol. The van der Waals surface area contributed by atoms with Gasteiger partial charge in [-0.3, -0.25) is 19.2 Å². The van der Waals surface area contributed by atoms with Crippen LogP contribution in [-0.4, -0.2) is 84.4 Å². The molecular formula is C22H36N4O5. The standard InChI is InChI=1S/C22H36N4O5/c1-3-23-20(28)17-7-4-5-10-26(17)21(29)18-8-6-11-25(18)19(27)9-12-31-22(30)16-13-15(2)14-24-16/h15-18,24H,3-14H2,1-2H3,(H,23,28). The fourth-order valence-electron chi connectivity index (χ4n) is 4.85. The fraction of sp³-hybridized carbons (Fsp3) is 0.818. The summed E-state index contributed by atoms with van der Waals surface area (Å²) in [5, 5.41) is 5.95. The number of likely N-dealkylation sites (tertiary alicyclic amines) is 2. The van der Waals surface area contributed by atoms with Crippen molar-refractivity contribution in [1.29, 1.82) is 0 Å². The lowest BCUT2D eigenvalue weighted by Crippen LogP contribution is -2.57. The maximum absolute atomic E-state index is 13.3. The molecule has 2 N–H and O–H groups in total. The number of amides is 3.